The first kappa shape index (κ1) is 18.8. The SMILES string of the molecule is COc1ccc([C@H]2C[C@@H](n3cc(C4CC4)nn3)[C@H](O)CN2Cc2cccs2)cc1. The van der Waals surface area contributed by atoms with Gasteiger partial charge in [0.05, 0.1) is 24.9 Å². The van der Waals surface area contributed by atoms with Gasteiger partial charge in [-0.15, -0.1) is 16.4 Å². The lowest BCUT2D eigenvalue weighted by atomic mass is 9.90. The fourth-order valence-corrected chi connectivity index (χ4v) is 5.01. The first-order valence-electron chi connectivity index (χ1n) is 10.2. The summed E-state index contributed by atoms with van der Waals surface area (Å²) in [5.41, 5.74) is 2.31. The van der Waals surface area contributed by atoms with E-state index in [0.717, 1.165) is 24.4 Å². The predicted octanol–water partition coefficient (Wildman–Crippen LogP) is 3.77. The van der Waals surface area contributed by atoms with Crippen LogP contribution in [0.1, 0.15) is 53.4 Å². The minimum atomic E-state index is -0.474. The number of aromatic nitrogens is 3. The highest BCUT2D eigenvalue weighted by Gasteiger charge is 2.38. The Morgan fingerprint density at radius 3 is 2.72 bits per heavy atom. The number of likely N-dealkylation sites (tertiary alicyclic amines) is 1. The molecule has 6 nitrogen and oxygen atoms in total. The molecule has 1 aliphatic carbocycles. The van der Waals surface area contributed by atoms with Crippen molar-refractivity contribution in [2.75, 3.05) is 13.7 Å². The summed E-state index contributed by atoms with van der Waals surface area (Å²) in [7, 11) is 1.69. The molecule has 0 radical (unpaired) electrons. The molecule has 1 saturated heterocycles. The summed E-state index contributed by atoms with van der Waals surface area (Å²) in [4.78, 5) is 3.69. The van der Waals surface area contributed by atoms with E-state index in [0.29, 0.717) is 12.5 Å². The van der Waals surface area contributed by atoms with Crippen LogP contribution in [0.2, 0.25) is 0 Å². The Bertz CT molecular complexity index is 936. The van der Waals surface area contributed by atoms with Gasteiger partial charge in [0.1, 0.15) is 5.75 Å². The average molecular weight is 411 g/mol. The van der Waals surface area contributed by atoms with E-state index in [-0.39, 0.29) is 12.1 Å². The van der Waals surface area contributed by atoms with Crippen molar-refractivity contribution in [3.8, 4) is 5.75 Å². The fraction of sp³-hybridized carbons (Fsp3) is 0.455. The molecule has 2 fully saturated rings. The number of hydrogen-bond donors (Lipinski definition) is 1. The van der Waals surface area contributed by atoms with Gasteiger partial charge < -0.3 is 9.84 Å². The lowest BCUT2D eigenvalue weighted by Gasteiger charge is -2.42. The van der Waals surface area contributed by atoms with Gasteiger partial charge >= 0.3 is 0 Å². The number of aliphatic hydroxyl groups is 1. The molecule has 0 amide bonds. The summed E-state index contributed by atoms with van der Waals surface area (Å²) in [6.07, 6.45) is 4.78. The van der Waals surface area contributed by atoms with Crippen LogP contribution in [0.3, 0.4) is 0 Å². The molecule has 1 aliphatic heterocycles. The molecule has 152 valence electrons. The number of ether oxygens (including phenoxy) is 1. The van der Waals surface area contributed by atoms with Gasteiger partial charge in [0, 0.05) is 36.1 Å². The van der Waals surface area contributed by atoms with E-state index in [1.54, 1.807) is 18.4 Å². The second-order valence-electron chi connectivity index (χ2n) is 8.07. The number of aliphatic hydroxyl groups excluding tert-OH is 1. The quantitative estimate of drug-likeness (QED) is 0.670. The third-order valence-corrected chi connectivity index (χ3v) is 6.94. The van der Waals surface area contributed by atoms with Crippen molar-refractivity contribution >= 4 is 11.3 Å². The Morgan fingerprint density at radius 1 is 1.21 bits per heavy atom. The molecule has 29 heavy (non-hydrogen) atoms. The molecule has 0 spiro atoms. The summed E-state index contributed by atoms with van der Waals surface area (Å²) in [5.74, 6) is 1.42. The van der Waals surface area contributed by atoms with Crippen LogP contribution in [0.15, 0.2) is 48.0 Å². The maximum atomic E-state index is 11.0. The molecule has 1 aromatic carbocycles. The minimum Gasteiger partial charge on any atom is -0.497 e. The van der Waals surface area contributed by atoms with Crippen LogP contribution < -0.4 is 4.74 Å². The highest BCUT2D eigenvalue weighted by Crippen LogP contribution is 2.41. The van der Waals surface area contributed by atoms with Crippen molar-refractivity contribution in [2.45, 2.75) is 49.9 Å². The Kier molecular flexibility index (Phi) is 5.11. The number of rotatable bonds is 6. The van der Waals surface area contributed by atoms with Crippen LogP contribution in [0.5, 0.6) is 5.75 Å². The van der Waals surface area contributed by atoms with E-state index in [9.17, 15) is 5.11 Å². The first-order chi connectivity index (χ1) is 14.2. The third-order valence-electron chi connectivity index (χ3n) is 6.07. The van der Waals surface area contributed by atoms with E-state index >= 15 is 0 Å². The van der Waals surface area contributed by atoms with Gasteiger partial charge in [-0.2, -0.15) is 0 Å². The summed E-state index contributed by atoms with van der Waals surface area (Å²) < 4.78 is 7.23. The number of nitrogens with zero attached hydrogens (tertiary/aromatic N) is 4. The third kappa shape index (κ3) is 3.95. The number of β-amino-alcohol motifs (C(OH)–C–C–N with tert-alkyl or cyclic N) is 1. The molecule has 3 aromatic rings. The molecule has 0 bridgehead atoms. The largest absolute Gasteiger partial charge is 0.497 e. The maximum absolute atomic E-state index is 11.0. The van der Waals surface area contributed by atoms with Crippen molar-refractivity contribution in [1.82, 2.24) is 19.9 Å². The Labute approximate surface area is 174 Å². The lowest BCUT2D eigenvalue weighted by Crippen LogP contribution is -2.46. The summed E-state index contributed by atoms with van der Waals surface area (Å²) >= 11 is 1.76. The second-order valence-corrected chi connectivity index (χ2v) is 9.10. The Balaban J connectivity index is 1.42. The minimum absolute atomic E-state index is 0.0679. The maximum Gasteiger partial charge on any atom is 0.118 e. The van der Waals surface area contributed by atoms with E-state index in [2.05, 4.69) is 44.9 Å². The summed E-state index contributed by atoms with van der Waals surface area (Å²) in [6.45, 7) is 1.45. The molecule has 7 heteroatoms. The molecular weight excluding hydrogens is 384 g/mol. The molecule has 1 N–H and O–H groups in total. The van der Waals surface area contributed by atoms with Gasteiger partial charge in [-0.3, -0.25) is 4.90 Å². The number of methoxy groups -OCH3 is 1. The number of thiophene rings is 1. The smallest absolute Gasteiger partial charge is 0.118 e. The van der Waals surface area contributed by atoms with E-state index in [1.165, 1.54) is 23.3 Å². The zero-order valence-electron chi connectivity index (χ0n) is 16.5. The molecule has 2 aliphatic rings. The van der Waals surface area contributed by atoms with E-state index < -0.39 is 6.10 Å². The Morgan fingerprint density at radius 2 is 2.03 bits per heavy atom. The van der Waals surface area contributed by atoms with Gasteiger partial charge in [0.25, 0.3) is 0 Å². The monoisotopic (exact) mass is 410 g/mol. The molecule has 3 atom stereocenters. The van der Waals surface area contributed by atoms with Crippen molar-refractivity contribution in [3.05, 3.63) is 64.1 Å². The molecule has 5 rings (SSSR count). The standard InChI is InChI=1S/C22H26N4O2S/c1-28-17-8-6-16(7-9-17)20-11-21(26-13-19(23-24-26)15-4-5-15)22(27)14-25(20)12-18-3-2-10-29-18/h2-3,6-10,13,15,20-22,27H,4-5,11-12,14H2,1H3/t20-,21-,22-/m1/s1. The van der Waals surface area contributed by atoms with E-state index in [1.807, 2.05) is 23.0 Å². The van der Waals surface area contributed by atoms with Gasteiger partial charge in [-0.05, 0) is 48.4 Å². The van der Waals surface area contributed by atoms with Crippen molar-refractivity contribution in [2.24, 2.45) is 0 Å². The molecule has 0 unspecified atom stereocenters. The lowest BCUT2D eigenvalue weighted by molar-refractivity contribution is -0.0131. The molecule has 3 heterocycles. The van der Waals surface area contributed by atoms with Crippen LogP contribution in [0.25, 0.3) is 0 Å². The highest BCUT2D eigenvalue weighted by atomic mass is 32.1. The topological polar surface area (TPSA) is 63.4 Å². The molecular formula is C22H26N4O2S. The van der Waals surface area contributed by atoms with Gasteiger partial charge in [0.2, 0.25) is 0 Å². The number of piperidine rings is 1. The van der Waals surface area contributed by atoms with E-state index in [4.69, 9.17) is 4.74 Å². The van der Waals surface area contributed by atoms with Crippen molar-refractivity contribution < 1.29 is 9.84 Å². The van der Waals surface area contributed by atoms with Gasteiger partial charge in [-0.1, -0.05) is 23.4 Å². The fourth-order valence-electron chi connectivity index (χ4n) is 4.28. The first-order valence-corrected chi connectivity index (χ1v) is 11.1. The normalized spacial score (nSPS) is 25.2. The van der Waals surface area contributed by atoms with Crippen molar-refractivity contribution in [3.63, 3.8) is 0 Å². The van der Waals surface area contributed by atoms with Gasteiger partial charge in [0.15, 0.2) is 0 Å². The number of benzene rings is 1. The van der Waals surface area contributed by atoms with Crippen LogP contribution in [-0.2, 0) is 6.54 Å². The van der Waals surface area contributed by atoms with Crippen molar-refractivity contribution in [1.29, 1.82) is 0 Å². The van der Waals surface area contributed by atoms with Crippen LogP contribution in [0.4, 0.5) is 0 Å². The summed E-state index contributed by atoms with van der Waals surface area (Å²) in [6, 6.07) is 12.7. The van der Waals surface area contributed by atoms with Crippen LogP contribution >= 0.6 is 11.3 Å². The molecule has 1 saturated carbocycles. The number of hydrogen-bond acceptors (Lipinski definition) is 6. The van der Waals surface area contributed by atoms with Crippen LogP contribution in [-0.4, -0.2) is 44.8 Å². The second kappa shape index (κ2) is 7.89. The zero-order valence-corrected chi connectivity index (χ0v) is 17.3. The Hall–Kier alpha value is -2.22. The van der Waals surface area contributed by atoms with Gasteiger partial charge in [-0.25, -0.2) is 4.68 Å². The zero-order chi connectivity index (χ0) is 19.8. The average Bonchev–Trinajstić information content (AvgIpc) is 3.24. The highest BCUT2D eigenvalue weighted by molar-refractivity contribution is 7.09. The van der Waals surface area contributed by atoms with Crippen LogP contribution in [0, 0.1) is 0 Å². The predicted molar refractivity (Wildman–Crippen MR) is 112 cm³/mol. The molecule has 2 aromatic heterocycles. The summed E-state index contributed by atoms with van der Waals surface area (Å²) in [5, 5.41) is 21.8.